The molecule has 4 aromatic rings. The van der Waals surface area contributed by atoms with E-state index in [4.69, 9.17) is 10.00 Å². The number of fused-ring (bicyclic) bond motifs is 1. The van der Waals surface area contributed by atoms with Gasteiger partial charge in [-0.15, -0.1) is 0 Å². The number of benzene rings is 2. The van der Waals surface area contributed by atoms with E-state index in [1.165, 1.54) is 5.56 Å². The zero-order valence-electron chi connectivity index (χ0n) is 19.7. The van der Waals surface area contributed by atoms with Gasteiger partial charge in [-0.25, -0.2) is 4.98 Å². The minimum atomic E-state index is 0.0142. The van der Waals surface area contributed by atoms with E-state index in [1.54, 1.807) is 0 Å². The molecule has 1 fully saturated rings. The molecule has 2 aromatic carbocycles. The highest BCUT2D eigenvalue weighted by Crippen LogP contribution is 2.20. The Labute approximate surface area is 204 Å². The van der Waals surface area contributed by atoms with Crippen LogP contribution in [0.15, 0.2) is 73.1 Å². The summed E-state index contributed by atoms with van der Waals surface area (Å²) < 4.78 is 7.97. The molecule has 0 unspecified atom stereocenters. The van der Waals surface area contributed by atoms with Gasteiger partial charge in [0, 0.05) is 49.8 Å². The average Bonchev–Trinajstić information content (AvgIpc) is 3.13. The normalized spacial score (nSPS) is 13.9. The highest BCUT2D eigenvalue weighted by Gasteiger charge is 2.21. The predicted molar refractivity (Wildman–Crippen MR) is 135 cm³/mol. The average molecular weight is 466 g/mol. The van der Waals surface area contributed by atoms with E-state index in [1.807, 2.05) is 89.3 Å². The van der Waals surface area contributed by atoms with Crippen LogP contribution in [0.4, 0.5) is 5.69 Å². The summed E-state index contributed by atoms with van der Waals surface area (Å²) >= 11 is 0. The number of nitrogens with zero attached hydrogens (tertiary/aromatic N) is 5. The molecule has 1 aliphatic rings. The molecule has 7 nitrogen and oxygen atoms in total. The monoisotopic (exact) mass is 465 g/mol. The summed E-state index contributed by atoms with van der Waals surface area (Å²) in [5.74, 6) is 0.665. The Hall–Kier alpha value is -4.31. The molecule has 3 heterocycles. The number of anilines is 1. The summed E-state index contributed by atoms with van der Waals surface area (Å²) in [7, 11) is 0. The smallest absolute Gasteiger partial charge is 0.254 e. The van der Waals surface area contributed by atoms with E-state index >= 15 is 0 Å². The first-order valence-corrected chi connectivity index (χ1v) is 11.8. The topological polar surface area (TPSA) is 73.9 Å². The summed E-state index contributed by atoms with van der Waals surface area (Å²) in [5.41, 5.74) is 5.24. The molecule has 0 aliphatic carbocycles. The third-order valence-electron chi connectivity index (χ3n) is 6.26. The van der Waals surface area contributed by atoms with Gasteiger partial charge in [-0.3, -0.25) is 4.79 Å². The lowest BCUT2D eigenvalue weighted by atomic mass is 10.2. The quantitative estimate of drug-likeness (QED) is 0.436. The van der Waals surface area contributed by atoms with E-state index in [2.05, 4.69) is 16.0 Å². The minimum absolute atomic E-state index is 0.0142. The zero-order valence-corrected chi connectivity index (χ0v) is 19.7. The number of carbonyl (C=O) groups is 1. The number of aromatic nitrogens is 2. The van der Waals surface area contributed by atoms with Gasteiger partial charge < -0.3 is 18.9 Å². The zero-order chi connectivity index (χ0) is 24.2. The molecular formula is C28H27N5O2. The fourth-order valence-electron chi connectivity index (χ4n) is 4.41. The third-order valence-corrected chi connectivity index (χ3v) is 6.26. The van der Waals surface area contributed by atoms with Gasteiger partial charge in [0.15, 0.2) is 0 Å². The van der Waals surface area contributed by atoms with Gasteiger partial charge in [0.1, 0.15) is 18.0 Å². The molecule has 1 aliphatic heterocycles. The van der Waals surface area contributed by atoms with Crippen LogP contribution in [-0.2, 0) is 6.61 Å². The second-order valence-electron chi connectivity index (χ2n) is 8.81. The van der Waals surface area contributed by atoms with Gasteiger partial charge in [0.05, 0.1) is 17.3 Å². The van der Waals surface area contributed by atoms with Crippen molar-refractivity contribution in [3.63, 3.8) is 0 Å². The maximum atomic E-state index is 13.3. The molecule has 5 rings (SSSR count). The number of ether oxygens (including phenoxy) is 1. The second-order valence-corrected chi connectivity index (χ2v) is 8.81. The molecule has 0 radical (unpaired) electrons. The summed E-state index contributed by atoms with van der Waals surface area (Å²) in [4.78, 5) is 22.0. The molecule has 1 amide bonds. The highest BCUT2D eigenvalue weighted by atomic mass is 16.5. The molecule has 0 N–H and O–H groups in total. The number of nitriles is 1. The van der Waals surface area contributed by atoms with Crippen LogP contribution in [0.2, 0.25) is 0 Å². The first-order valence-electron chi connectivity index (χ1n) is 11.8. The Bertz CT molecular complexity index is 1390. The fraction of sp³-hybridized carbons (Fsp3) is 0.250. The maximum absolute atomic E-state index is 13.3. The molecule has 0 saturated carbocycles. The van der Waals surface area contributed by atoms with Gasteiger partial charge in [-0.1, -0.05) is 12.1 Å². The van der Waals surface area contributed by atoms with Crippen molar-refractivity contribution in [2.24, 2.45) is 0 Å². The molecular weight excluding hydrogens is 438 g/mol. The van der Waals surface area contributed by atoms with Crippen molar-refractivity contribution < 1.29 is 9.53 Å². The lowest BCUT2D eigenvalue weighted by molar-refractivity contribution is 0.0766. The van der Waals surface area contributed by atoms with Crippen LogP contribution < -0.4 is 9.64 Å². The van der Waals surface area contributed by atoms with Crippen molar-refractivity contribution in [2.45, 2.75) is 20.0 Å². The first kappa shape index (κ1) is 22.5. The third kappa shape index (κ3) is 5.12. The van der Waals surface area contributed by atoms with Crippen LogP contribution in [0.3, 0.4) is 0 Å². The number of imidazole rings is 1. The Morgan fingerprint density at radius 2 is 1.89 bits per heavy atom. The number of hydrogen-bond donors (Lipinski definition) is 0. The summed E-state index contributed by atoms with van der Waals surface area (Å²) in [6.07, 6.45) is 4.89. The van der Waals surface area contributed by atoms with Crippen LogP contribution in [0.25, 0.3) is 5.65 Å². The Morgan fingerprint density at radius 3 is 2.71 bits per heavy atom. The number of rotatable bonds is 5. The van der Waals surface area contributed by atoms with Gasteiger partial charge in [-0.05, 0) is 67.4 Å². The van der Waals surface area contributed by atoms with Crippen LogP contribution in [-0.4, -0.2) is 46.4 Å². The van der Waals surface area contributed by atoms with Gasteiger partial charge in [0.2, 0.25) is 0 Å². The van der Waals surface area contributed by atoms with Crippen molar-refractivity contribution in [3.05, 3.63) is 95.4 Å². The van der Waals surface area contributed by atoms with Crippen molar-refractivity contribution in [3.8, 4) is 11.8 Å². The Balaban J connectivity index is 1.22. The van der Waals surface area contributed by atoms with E-state index in [-0.39, 0.29) is 5.91 Å². The first-order chi connectivity index (χ1) is 17.1. The fourth-order valence-corrected chi connectivity index (χ4v) is 4.41. The Kier molecular flexibility index (Phi) is 6.36. The predicted octanol–water partition coefficient (Wildman–Crippen LogP) is 4.45. The Morgan fingerprint density at radius 1 is 1.03 bits per heavy atom. The number of carbonyl (C=O) groups excluding carboxylic acids is 1. The number of hydrogen-bond acceptors (Lipinski definition) is 5. The van der Waals surface area contributed by atoms with E-state index in [0.717, 1.165) is 36.5 Å². The van der Waals surface area contributed by atoms with E-state index in [9.17, 15) is 4.79 Å². The molecule has 35 heavy (non-hydrogen) atoms. The largest absolute Gasteiger partial charge is 0.487 e. The lowest BCUT2D eigenvalue weighted by Crippen LogP contribution is -2.35. The molecule has 7 heteroatoms. The lowest BCUT2D eigenvalue weighted by Gasteiger charge is -2.24. The summed E-state index contributed by atoms with van der Waals surface area (Å²) in [6, 6.07) is 21.2. The maximum Gasteiger partial charge on any atom is 0.254 e. The standard InChI is InChI=1S/C28H27N5O2/c1-21-6-11-27-30-24(19-33(27)18-21)20-35-26-5-2-4-23(16-26)28(34)32-13-3-12-31(14-15-32)25-9-7-22(17-29)8-10-25/h2,4-11,16,18-19H,3,12-15,20H2,1H3. The van der Waals surface area contributed by atoms with Crippen molar-refractivity contribution in [1.82, 2.24) is 14.3 Å². The highest BCUT2D eigenvalue weighted by molar-refractivity contribution is 5.94. The molecule has 176 valence electrons. The molecule has 2 aromatic heterocycles. The van der Waals surface area contributed by atoms with Crippen LogP contribution >= 0.6 is 0 Å². The second kappa shape index (κ2) is 9.90. The van der Waals surface area contributed by atoms with Crippen molar-refractivity contribution in [1.29, 1.82) is 5.26 Å². The molecule has 1 saturated heterocycles. The number of amides is 1. The van der Waals surface area contributed by atoms with Gasteiger partial charge in [-0.2, -0.15) is 5.26 Å². The molecule has 0 spiro atoms. The number of aryl methyl sites for hydroxylation is 1. The van der Waals surface area contributed by atoms with Crippen molar-refractivity contribution in [2.75, 3.05) is 31.1 Å². The minimum Gasteiger partial charge on any atom is -0.487 e. The van der Waals surface area contributed by atoms with Gasteiger partial charge in [0.25, 0.3) is 5.91 Å². The van der Waals surface area contributed by atoms with Crippen LogP contribution in [0.5, 0.6) is 5.75 Å². The van der Waals surface area contributed by atoms with Crippen LogP contribution in [0, 0.1) is 18.3 Å². The van der Waals surface area contributed by atoms with Gasteiger partial charge >= 0.3 is 0 Å². The summed E-state index contributed by atoms with van der Waals surface area (Å²) in [5, 5.41) is 9.02. The van der Waals surface area contributed by atoms with E-state index in [0.29, 0.717) is 36.6 Å². The molecule has 0 bridgehead atoms. The van der Waals surface area contributed by atoms with Crippen LogP contribution in [0.1, 0.15) is 33.6 Å². The number of pyridine rings is 1. The SMILES string of the molecule is Cc1ccc2nc(COc3cccc(C(=O)N4CCCN(c5ccc(C#N)cc5)CC4)c3)cn2c1. The molecule has 0 atom stereocenters. The van der Waals surface area contributed by atoms with Crippen molar-refractivity contribution >= 4 is 17.2 Å². The van der Waals surface area contributed by atoms with E-state index < -0.39 is 0 Å². The summed E-state index contributed by atoms with van der Waals surface area (Å²) in [6.45, 7) is 5.36.